The van der Waals surface area contributed by atoms with E-state index in [2.05, 4.69) is 46.7 Å². The van der Waals surface area contributed by atoms with Crippen LogP contribution < -0.4 is 52.5 Å². The fourth-order valence-electron chi connectivity index (χ4n) is 9.84. The van der Waals surface area contributed by atoms with Crippen molar-refractivity contribution >= 4 is 93.4 Å². The van der Waals surface area contributed by atoms with Crippen LogP contribution in [0.5, 0.6) is 5.75 Å². The van der Waals surface area contributed by atoms with Crippen molar-refractivity contribution < 1.29 is 115 Å². The molecule has 94 heavy (non-hydrogen) atoms. The second kappa shape index (κ2) is 38.6. The van der Waals surface area contributed by atoms with Gasteiger partial charge < -0.3 is 88.0 Å². The van der Waals surface area contributed by atoms with Crippen molar-refractivity contribution in [2.75, 3.05) is 13.2 Å². The van der Waals surface area contributed by atoms with E-state index in [1.54, 1.807) is 37.3 Å². The topological polar surface area (TPSA) is 549 Å². The molecule has 2 aromatic rings. The van der Waals surface area contributed by atoms with E-state index < -0.39 is 224 Å². The minimum absolute atomic E-state index is 0.0381. The number of likely N-dealkylation sites (tertiary alicyclic amines) is 1. The number of carbonyl (C=O) groups excluding carboxylic acids is 9. The molecule has 1 saturated heterocycles. The van der Waals surface area contributed by atoms with Gasteiger partial charge in [-0.1, -0.05) is 76.6 Å². The van der Waals surface area contributed by atoms with Gasteiger partial charge in [-0.3, -0.25) is 71.7 Å². The first-order chi connectivity index (χ1) is 44.1. The van der Waals surface area contributed by atoms with E-state index in [0.717, 1.165) is 17.0 Å². The van der Waals surface area contributed by atoms with Crippen molar-refractivity contribution in [1.29, 1.82) is 0 Å². The lowest BCUT2D eigenvalue weighted by atomic mass is 9.96. The molecule has 1 aliphatic rings. The minimum atomic E-state index is -4.93. The number of carbonyl (C=O) groups is 14. The third-order valence-corrected chi connectivity index (χ3v) is 15.3. The number of amides is 9. The highest BCUT2D eigenvalue weighted by Crippen LogP contribution is 2.23. The van der Waals surface area contributed by atoms with Gasteiger partial charge >= 0.3 is 40.2 Å². The maximum Gasteiger partial charge on any atom is 0.446 e. The van der Waals surface area contributed by atoms with Crippen LogP contribution in [0.1, 0.15) is 122 Å². The van der Waals surface area contributed by atoms with Crippen LogP contribution in [0.15, 0.2) is 54.6 Å². The highest BCUT2D eigenvalue weighted by molar-refractivity contribution is 7.81. The van der Waals surface area contributed by atoms with Crippen LogP contribution in [-0.4, -0.2) is 205 Å². The van der Waals surface area contributed by atoms with E-state index >= 15 is 0 Å². The normalized spacial score (nSPS) is 16.1. The number of rotatable bonds is 42. The van der Waals surface area contributed by atoms with E-state index in [1.807, 2.05) is 13.8 Å². The van der Waals surface area contributed by atoms with Crippen molar-refractivity contribution in [3.63, 3.8) is 0 Å². The lowest BCUT2D eigenvalue weighted by Crippen LogP contribution is -2.61. The summed E-state index contributed by atoms with van der Waals surface area (Å²) in [5.41, 5.74) is 6.48. The van der Waals surface area contributed by atoms with E-state index in [1.165, 1.54) is 19.1 Å². The number of carboxylic acids is 5. The summed E-state index contributed by atoms with van der Waals surface area (Å²) in [6, 6.07) is -2.93. The average molecular weight is 1350 g/mol. The van der Waals surface area contributed by atoms with Gasteiger partial charge in [0.2, 0.25) is 53.2 Å². The second-order valence-electron chi connectivity index (χ2n) is 22.9. The molecular weight excluding hydrogens is 1260 g/mol. The van der Waals surface area contributed by atoms with Gasteiger partial charge in [-0.25, -0.2) is 0 Å². The molecule has 520 valence electrons. The fraction of sp³-hybridized carbons (Fsp3) is 0.559. The molecule has 1 fully saturated rings. The number of nitrogens with two attached hydrogens (primary N) is 1. The number of aliphatic carboxylic acids is 5. The van der Waals surface area contributed by atoms with Crippen LogP contribution in [0.4, 0.5) is 0 Å². The van der Waals surface area contributed by atoms with Crippen molar-refractivity contribution in [3.05, 3.63) is 65.7 Å². The van der Waals surface area contributed by atoms with Gasteiger partial charge in [0.25, 0.3) is 0 Å². The number of benzene rings is 2. The molecule has 0 radical (unpaired) electrons. The highest BCUT2D eigenvalue weighted by atomic mass is 32.3. The highest BCUT2D eigenvalue weighted by Gasteiger charge is 2.42. The van der Waals surface area contributed by atoms with E-state index in [9.17, 15) is 106 Å². The predicted molar refractivity (Wildman–Crippen MR) is 326 cm³/mol. The van der Waals surface area contributed by atoms with Crippen LogP contribution >= 0.6 is 0 Å². The van der Waals surface area contributed by atoms with Gasteiger partial charge in [-0.15, -0.1) is 0 Å². The molecular formula is C59H84N10O24S. The molecule has 34 nitrogen and oxygen atoms in total. The maximum absolute atomic E-state index is 14.7. The van der Waals surface area contributed by atoms with Gasteiger partial charge in [0.15, 0.2) is 0 Å². The molecule has 3 rings (SSSR count). The lowest BCUT2D eigenvalue weighted by molar-refractivity contribution is -0.144. The maximum atomic E-state index is 14.7. The lowest BCUT2D eigenvalue weighted by Gasteiger charge is -2.33. The van der Waals surface area contributed by atoms with Crippen LogP contribution in [0.25, 0.3) is 0 Å². The van der Waals surface area contributed by atoms with Crippen molar-refractivity contribution in [2.24, 2.45) is 17.6 Å². The first-order valence-corrected chi connectivity index (χ1v) is 31.5. The summed E-state index contributed by atoms with van der Waals surface area (Å²) >= 11 is 0. The second-order valence-corrected chi connectivity index (χ2v) is 24.0. The summed E-state index contributed by atoms with van der Waals surface area (Å²) in [4.78, 5) is 187. The van der Waals surface area contributed by atoms with Crippen LogP contribution in [-0.2, 0) is 90.4 Å². The molecule has 11 atom stereocenters. The van der Waals surface area contributed by atoms with E-state index in [4.69, 9.17) is 10.3 Å². The smallest absolute Gasteiger partial charge is 0.446 e. The summed E-state index contributed by atoms with van der Waals surface area (Å²) in [6.45, 7) is 6.12. The van der Waals surface area contributed by atoms with Crippen LogP contribution in [0.2, 0.25) is 0 Å². The first kappa shape index (κ1) is 78.9. The number of nitrogens with one attached hydrogen (secondary N) is 8. The number of hydrogen-bond acceptors (Lipinski definition) is 19. The van der Waals surface area contributed by atoms with Gasteiger partial charge in [0.05, 0.1) is 25.1 Å². The fourth-order valence-corrected chi connectivity index (χ4v) is 10.2. The summed E-state index contributed by atoms with van der Waals surface area (Å²) in [7, 11) is -4.93. The van der Waals surface area contributed by atoms with Gasteiger partial charge in [-0.05, 0) is 80.0 Å². The molecule has 0 bridgehead atoms. The number of carboxylic acid groups (broad SMARTS) is 5. The largest absolute Gasteiger partial charge is 0.481 e. The Bertz CT molecular complexity index is 3120. The van der Waals surface area contributed by atoms with Crippen molar-refractivity contribution in [2.45, 2.75) is 184 Å². The number of aliphatic hydroxyl groups excluding tert-OH is 1. The minimum Gasteiger partial charge on any atom is -0.481 e. The summed E-state index contributed by atoms with van der Waals surface area (Å²) in [5, 5.41) is 77.3. The standard InChI is InChI=1S/C59H84N10O24S/c1-5-32(4)50(68-55(85)41(20-24-48(77)78)63-52(82)38(17-21-45(71)72)64-57(87)43(27-33-10-7-6-8-11-33)66-51(81)37(60)29-49(79)80)59(89)69-25-9-12-44(69)58(88)65-40(19-23-47(75)76)53(83)62-39(18-22-46(73)74)54(84)67-42(56(86)61-35(30-70)26-31(2)3)28-34-13-15-36(16-14-34)93-94(90,91)92/h6-8,10-11,13-16,31-32,35,37-44,50,70H,5,9,12,17-30,60H2,1-4H3,(H,61,86)(H,62,83)(H,63,82)(H,64,87)(H,65,88)(H,66,81)(H,67,84)(H,68,85)(H,71,72)(H,73,74)(H,75,76)(H,77,78)(H,79,80)(H,90,91,92)/t32-,35-,37-,38-,39-,40-,41-,42-,43-,44-,50-/m0/s1. The molecule has 2 aromatic carbocycles. The molecule has 0 aromatic heterocycles. The zero-order valence-electron chi connectivity index (χ0n) is 52.1. The van der Waals surface area contributed by atoms with Gasteiger partial charge in [0.1, 0.15) is 54.1 Å². The third kappa shape index (κ3) is 28.3. The Hall–Kier alpha value is -9.35. The first-order valence-electron chi connectivity index (χ1n) is 30.1. The zero-order chi connectivity index (χ0) is 70.6. The molecule has 1 aliphatic heterocycles. The predicted octanol–water partition coefficient (Wildman–Crippen LogP) is -2.13. The molecule has 0 aliphatic carbocycles. The monoisotopic (exact) mass is 1350 g/mol. The van der Waals surface area contributed by atoms with E-state index in [-0.39, 0.29) is 62.3 Å². The van der Waals surface area contributed by atoms with Crippen molar-refractivity contribution in [3.8, 4) is 5.75 Å². The Labute approximate surface area is 540 Å². The quantitative estimate of drug-likeness (QED) is 0.0316. The molecule has 1 heterocycles. The molecule has 0 saturated carbocycles. The summed E-state index contributed by atoms with van der Waals surface area (Å²) in [6.07, 6.45) is -6.56. The molecule has 17 N–H and O–H groups in total. The molecule has 35 heteroatoms. The van der Waals surface area contributed by atoms with Gasteiger partial charge in [0, 0.05) is 45.1 Å². The van der Waals surface area contributed by atoms with Gasteiger partial charge in [-0.2, -0.15) is 8.42 Å². The number of aliphatic hydroxyl groups is 1. The SMILES string of the molecule is CC[C@H](C)[C@H](NC(=O)[C@H](CCC(=O)O)NC(=O)[C@H](CCC(=O)O)NC(=O)[C@H](Cc1ccccc1)NC(=O)[C@@H](N)CC(=O)O)C(=O)N1CCC[C@H]1C(=O)N[C@@H](CCC(=O)O)C(=O)N[C@@H](CCC(=O)O)C(=O)N[C@@H](Cc1ccc(OS(=O)(=O)O)cc1)C(=O)N[C@H](CO)CC(C)C. The Morgan fingerprint density at radius 1 is 0.553 bits per heavy atom. The van der Waals surface area contributed by atoms with E-state index in [0.29, 0.717) is 5.56 Å². The summed E-state index contributed by atoms with van der Waals surface area (Å²) in [5.74, 6) is -18.0. The van der Waals surface area contributed by atoms with Crippen LogP contribution in [0, 0.1) is 11.8 Å². The van der Waals surface area contributed by atoms with Crippen LogP contribution in [0.3, 0.4) is 0 Å². The molecule has 9 amide bonds. The Morgan fingerprint density at radius 2 is 0.957 bits per heavy atom. The average Bonchev–Trinajstić information content (AvgIpc) is 1.57. The summed E-state index contributed by atoms with van der Waals surface area (Å²) < 4.78 is 36.1. The Balaban J connectivity index is 1.95. The molecule has 0 spiro atoms. The molecule has 0 unspecified atom stereocenters. The Kier molecular flexibility index (Phi) is 32.4. The number of nitrogens with zero attached hydrogens (tertiary/aromatic N) is 1. The zero-order valence-corrected chi connectivity index (χ0v) is 53.0. The van der Waals surface area contributed by atoms with Crippen molar-refractivity contribution in [1.82, 2.24) is 47.4 Å². The number of hydrogen-bond donors (Lipinski definition) is 16. The third-order valence-electron chi connectivity index (χ3n) is 14.9. The Morgan fingerprint density at radius 3 is 1.37 bits per heavy atom.